The van der Waals surface area contributed by atoms with Crippen molar-refractivity contribution in [1.82, 2.24) is 0 Å². The monoisotopic (exact) mass is 201 g/mol. The van der Waals surface area contributed by atoms with Gasteiger partial charge in [-0.3, -0.25) is 0 Å². The summed E-state index contributed by atoms with van der Waals surface area (Å²) in [5.74, 6) is 1.30. The van der Waals surface area contributed by atoms with E-state index >= 15 is 0 Å². The topological polar surface area (TPSA) is 33.0 Å². The Bertz CT molecular complexity index is 378. The summed E-state index contributed by atoms with van der Waals surface area (Å²) in [6.45, 7) is 4.23. The average Bonchev–Trinajstić information content (AvgIpc) is 2.57. The standard InChI is InChI=1S/C13H15NO/c1-10(2)13(7-8-14)9-11-5-3-4-6-12(11)15-13/h3-6,10H,7,9H2,1-2H3. The average molecular weight is 201 g/mol. The highest BCUT2D eigenvalue weighted by Gasteiger charge is 2.41. The van der Waals surface area contributed by atoms with E-state index in [2.05, 4.69) is 26.0 Å². The van der Waals surface area contributed by atoms with Crippen LogP contribution in [0.15, 0.2) is 24.3 Å². The molecule has 1 atom stereocenters. The van der Waals surface area contributed by atoms with Crippen LogP contribution in [0, 0.1) is 17.2 Å². The predicted molar refractivity (Wildman–Crippen MR) is 58.6 cm³/mol. The van der Waals surface area contributed by atoms with Crippen molar-refractivity contribution < 1.29 is 4.74 Å². The van der Waals surface area contributed by atoms with Gasteiger partial charge in [-0.25, -0.2) is 0 Å². The molecule has 2 nitrogen and oxygen atoms in total. The molecule has 0 fully saturated rings. The molecule has 15 heavy (non-hydrogen) atoms. The fraction of sp³-hybridized carbons (Fsp3) is 0.462. The Balaban J connectivity index is 2.33. The second-order valence-electron chi connectivity index (χ2n) is 4.44. The van der Waals surface area contributed by atoms with Crippen LogP contribution >= 0.6 is 0 Å². The van der Waals surface area contributed by atoms with Gasteiger partial charge in [0.15, 0.2) is 0 Å². The van der Waals surface area contributed by atoms with Crippen LogP contribution in [0.4, 0.5) is 0 Å². The first-order valence-corrected chi connectivity index (χ1v) is 5.32. The number of nitrogens with zero attached hydrogens (tertiary/aromatic N) is 1. The van der Waals surface area contributed by atoms with E-state index in [0.29, 0.717) is 12.3 Å². The molecule has 0 radical (unpaired) electrons. The summed E-state index contributed by atoms with van der Waals surface area (Å²) in [6, 6.07) is 10.3. The van der Waals surface area contributed by atoms with Crippen molar-refractivity contribution in [3.8, 4) is 11.8 Å². The number of fused-ring (bicyclic) bond motifs is 1. The smallest absolute Gasteiger partial charge is 0.128 e. The molecule has 1 aromatic carbocycles. The third kappa shape index (κ3) is 1.59. The van der Waals surface area contributed by atoms with E-state index in [0.717, 1.165) is 12.2 Å². The molecule has 0 aliphatic carbocycles. The molecule has 0 spiro atoms. The number of benzene rings is 1. The first-order valence-electron chi connectivity index (χ1n) is 5.32. The van der Waals surface area contributed by atoms with Gasteiger partial charge in [0.1, 0.15) is 11.4 Å². The largest absolute Gasteiger partial charge is 0.485 e. The van der Waals surface area contributed by atoms with Gasteiger partial charge in [-0.15, -0.1) is 0 Å². The maximum atomic E-state index is 8.89. The minimum absolute atomic E-state index is 0.307. The van der Waals surface area contributed by atoms with Gasteiger partial charge in [0, 0.05) is 6.42 Å². The van der Waals surface area contributed by atoms with E-state index in [1.807, 2.05) is 18.2 Å². The number of hydrogen-bond donors (Lipinski definition) is 0. The summed E-state index contributed by atoms with van der Waals surface area (Å²) >= 11 is 0. The molecule has 1 aliphatic rings. The van der Waals surface area contributed by atoms with Crippen LogP contribution in [0.1, 0.15) is 25.8 Å². The van der Waals surface area contributed by atoms with E-state index in [1.54, 1.807) is 0 Å². The molecule has 0 N–H and O–H groups in total. The fourth-order valence-electron chi connectivity index (χ4n) is 2.09. The van der Waals surface area contributed by atoms with Crippen LogP contribution in [-0.4, -0.2) is 5.60 Å². The molecular formula is C13H15NO. The van der Waals surface area contributed by atoms with Crippen LogP contribution in [0.25, 0.3) is 0 Å². The number of rotatable bonds is 2. The summed E-state index contributed by atoms with van der Waals surface area (Å²) in [5.41, 5.74) is 0.916. The quantitative estimate of drug-likeness (QED) is 0.737. The molecule has 0 saturated heterocycles. The van der Waals surface area contributed by atoms with Crippen LogP contribution in [0.3, 0.4) is 0 Å². The molecule has 2 heteroatoms. The Hall–Kier alpha value is -1.49. The van der Waals surface area contributed by atoms with Crippen LogP contribution in [0.2, 0.25) is 0 Å². The van der Waals surface area contributed by atoms with Gasteiger partial charge in [0.25, 0.3) is 0 Å². The van der Waals surface area contributed by atoms with Crippen molar-refractivity contribution >= 4 is 0 Å². The van der Waals surface area contributed by atoms with Crippen molar-refractivity contribution in [2.75, 3.05) is 0 Å². The van der Waals surface area contributed by atoms with Crippen LogP contribution in [-0.2, 0) is 6.42 Å². The molecule has 1 aromatic rings. The molecule has 0 aromatic heterocycles. The highest BCUT2D eigenvalue weighted by atomic mass is 16.5. The minimum atomic E-state index is -0.307. The van der Waals surface area contributed by atoms with Crippen molar-refractivity contribution in [3.63, 3.8) is 0 Å². The van der Waals surface area contributed by atoms with Gasteiger partial charge in [-0.05, 0) is 17.5 Å². The zero-order valence-corrected chi connectivity index (χ0v) is 9.16. The summed E-state index contributed by atoms with van der Waals surface area (Å²) < 4.78 is 5.97. The van der Waals surface area contributed by atoms with Gasteiger partial charge in [0.05, 0.1) is 12.5 Å². The molecule has 0 saturated carbocycles. The van der Waals surface area contributed by atoms with E-state index < -0.39 is 0 Å². The first kappa shape index (κ1) is 10.0. The second kappa shape index (κ2) is 3.58. The highest BCUT2D eigenvalue weighted by molar-refractivity contribution is 5.39. The van der Waals surface area contributed by atoms with E-state index in [-0.39, 0.29) is 5.60 Å². The molecule has 1 aliphatic heterocycles. The first-order chi connectivity index (χ1) is 7.18. The molecule has 0 amide bonds. The van der Waals surface area contributed by atoms with E-state index in [9.17, 15) is 0 Å². The zero-order valence-electron chi connectivity index (χ0n) is 9.16. The fourth-order valence-corrected chi connectivity index (χ4v) is 2.09. The second-order valence-corrected chi connectivity index (χ2v) is 4.44. The number of para-hydroxylation sites is 1. The molecular weight excluding hydrogens is 186 g/mol. The number of nitriles is 1. The minimum Gasteiger partial charge on any atom is -0.485 e. The van der Waals surface area contributed by atoms with E-state index in [1.165, 1.54) is 5.56 Å². The summed E-state index contributed by atoms with van der Waals surface area (Å²) in [7, 11) is 0. The molecule has 0 bridgehead atoms. The van der Waals surface area contributed by atoms with Gasteiger partial charge < -0.3 is 4.74 Å². The Labute approximate surface area is 90.5 Å². The summed E-state index contributed by atoms with van der Waals surface area (Å²) in [4.78, 5) is 0. The Kier molecular flexibility index (Phi) is 2.40. The van der Waals surface area contributed by atoms with Crippen molar-refractivity contribution in [2.45, 2.75) is 32.3 Å². The predicted octanol–water partition coefficient (Wildman–Crippen LogP) is 2.93. The molecule has 1 heterocycles. The SMILES string of the molecule is CC(C)C1(CC#N)Cc2ccccc2O1. The van der Waals surface area contributed by atoms with E-state index in [4.69, 9.17) is 10.00 Å². The molecule has 78 valence electrons. The molecule has 2 rings (SSSR count). The van der Waals surface area contributed by atoms with Crippen molar-refractivity contribution in [2.24, 2.45) is 5.92 Å². The Morgan fingerprint density at radius 1 is 1.47 bits per heavy atom. The lowest BCUT2D eigenvalue weighted by Crippen LogP contribution is -2.39. The lowest BCUT2D eigenvalue weighted by atomic mass is 9.84. The van der Waals surface area contributed by atoms with Gasteiger partial charge in [-0.2, -0.15) is 5.26 Å². The Morgan fingerprint density at radius 3 is 2.80 bits per heavy atom. The van der Waals surface area contributed by atoms with Gasteiger partial charge in [-0.1, -0.05) is 32.0 Å². The Morgan fingerprint density at radius 2 is 2.20 bits per heavy atom. The third-order valence-corrected chi connectivity index (χ3v) is 3.21. The lowest BCUT2D eigenvalue weighted by molar-refractivity contribution is 0.0495. The number of ether oxygens (including phenoxy) is 1. The maximum absolute atomic E-state index is 8.89. The van der Waals surface area contributed by atoms with Crippen LogP contribution in [0.5, 0.6) is 5.75 Å². The van der Waals surface area contributed by atoms with Crippen molar-refractivity contribution in [3.05, 3.63) is 29.8 Å². The van der Waals surface area contributed by atoms with Crippen LogP contribution < -0.4 is 4.74 Å². The zero-order chi connectivity index (χ0) is 10.9. The normalized spacial score (nSPS) is 23.3. The maximum Gasteiger partial charge on any atom is 0.128 e. The van der Waals surface area contributed by atoms with Gasteiger partial charge >= 0.3 is 0 Å². The lowest BCUT2D eigenvalue weighted by Gasteiger charge is -2.30. The highest BCUT2D eigenvalue weighted by Crippen LogP contribution is 2.40. The third-order valence-electron chi connectivity index (χ3n) is 3.21. The summed E-state index contributed by atoms with van der Waals surface area (Å²) in [5, 5.41) is 8.89. The summed E-state index contributed by atoms with van der Waals surface area (Å²) in [6.07, 6.45) is 1.31. The molecule has 1 unspecified atom stereocenters. The van der Waals surface area contributed by atoms with Gasteiger partial charge in [0.2, 0.25) is 0 Å². The van der Waals surface area contributed by atoms with Crippen molar-refractivity contribution in [1.29, 1.82) is 5.26 Å². The number of hydrogen-bond acceptors (Lipinski definition) is 2.